The first kappa shape index (κ1) is 31.8. The van der Waals surface area contributed by atoms with Gasteiger partial charge in [-0.3, -0.25) is 4.79 Å². The number of carbonyl (C=O) groups is 1. The van der Waals surface area contributed by atoms with Gasteiger partial charge in [0, 0.05) is 24.4 Å². The smallest absolute Gasteiger partial charge is 0.302 e. The van der Waals surface area contributed by atoms with E-state index in [0.717, 1.165) is 11.1 Å². The molecule has 2 aromatic rings. The molecule has 40 heavy (non-hydrogen) atoms. The van der Waals surface area contributed by atoms with Crippen molar-refractivity contribution < 1.29 is 23.4 Å². The summed E-state index contributed by atoms with van der Waals surface area (Å²) in [7, 11) is -2.16. The molecule has 0 amide bonds. The van der Waals surface area contributed by atoms with Gasteiger partial charge in [-0.15, -0.1) is 0 Å². The second-order valence-electron chi connectivity index (χ2n) is 12.1. The summed E-state index contributed by atoms with van der Waals surface area (Å²) < 4.78 is 25.6. The Morgan fingerprint density at radius 1 is 1.00 bits per heavy atom. The van der Waals surface area contributed by atoms with Crippen LogP contribution < -0.4 is 0 Å². The minimum atomic E-state index is -2.16. The molecule has 0 bridgehead atoms. The minimum absolute atomic E-state index is 0.0359. The van der Waals surface area contributed by atoms with Crippen molar-refractivity contribution in [3.8, 4) is 0 Å². The lowest BCUT2D eigenvalue weighted by Crippen LogP contribution is -2.57. The number of rotatable bonds is 13. The highest BCUT2D eigenvalue weighted by molar-refractivity contribution is 6.74. The fourth-order valence-electron chi connectivity index (χ4n) is 5.09. The first-order valence-corrected chi connectivity index (χ1v) is 17.0. The van der Waals surface area contributed by atoms with Gasteiger partial charge in [-0.05, 0) is 47.1 Å². The van der Waals surface area contributed by atoms with Crippen molar-refractivity contribution in [2.45, 2.75) is 96.7 Å². The predicted molar refractivity (Wildman–Crippen MR) is 159 cm³/mol. The second-order valence-corrected chi connectivity index (χ2v) is 16.7. The lowest BCUT2D eigenvalue weighted by molar-refractivity contribution is -0.181. The van der Waals surface area contributed by atoms with E-state index >= 15 is 0 Å². The average Bonchev–Trinajstić information content (AvgIpc) is 2.92. The summed E-state index contributed by atoms with van der Waals surface area (Å²) >= 11 is 0. The molecule has 218 valence electrons. The number of carbonyl (C=O) groups excluding carboxylic acids is 1. The van der Waals surface area contributed by atoms with Crippen molar-refractivity contribution in [1.29, 1.82) is 0 Å². The molecule has 9 heteroatoms. The number of azide groups is 1. The molecule has 0 unspecified atom stereocenters. The van der Waals surface area contributed by atoms with Gasteiger partial charge in [0.15, 0.2) is 8.32 Å². The standard InChI is InChI=1S/C31H45N3O5Si/c1-22(2)31(4,5)40(6,7)38-21-26-18-27(39-23(3)35)28(33-34-32)30(37-20-25-16-12-9-13-17-25)29(26)36-19-24-14-10-8-11-15-24/h8-17,22,26-30H,18-21H2,1-7H3/t26-,27+,28-,29-,30-/m1/s1. The van der Waals surface area contributed by atoms with E-state index in [2.05, 4.69) is 50.8 Å². The van der Waals surface area contributed by atoms with Crippen LogP contribution in [0.4, 0.5) is 0 Å². The molecule has 1 aliphatic rings. The lowest BCUT2D eigenvalue weighted by Gasteiger charge is -2.47. The molecular weight excluding hydrogens is 522 g/mol. The van der Waals surface area contributed by atoms with Crippen molar-refractivity contribution in [3.63, 3.8) is 0 Å². The largest absolute Gasteiger partial charge is 0.462 e. The Hall–Kier alpha value is -2.68. The minimum Gasteiger partial charge on any atom is -0.462 e. The van der Waals surface area contributed by atoms with Gasteiger partial charge in [-0.1, -0.05) is 93.5 Å². The van der Waals surface area contributed by atoms with E-state index < -0.39 is 38.6 Å². The van der Waals surface area contributed by atoms with Gasteiger partial charge in [-0.25, -0.2) is 0 Å². The molecule has 0 radical (unpaired) electrons. The highest BCUT2D eigenvalue weighted by Gasteiger charge is 2.49. The van der Waals surface area contributed by atoms with Gasteiger partial charge in [0.25, 0.3) is 0 Å². The average molecular weight is 568 g/mol. The first-order chi connectivity index (χ1) is 19.0. The topological polar surface area (TPSA) is 103 Å². The molecular formula is C31H45N3O5Si. The monoisotopic (exact) mass is 567 g/mol. The van der Waals surface area contributed by atoms with Gasteiger partial charge >= 0.3 is 5.97 Å². The zero-order valence-corrected chi connectivity index (χ0v) is 25.9. The van der Waals surface area contributed by atoms with Crippen molar-refractivity contribution in [3.05, 3.63) is 82.2 Å². The van der Waals surface area contributed by atoms with Crippen LogP contribution >= 0.6 is 0 Å². The highest BCUT2D eigenvalue weighted by atomic mass is 28.4. The number of benzene rings is 2. The molecule has 0 aromatic heterocycles. The quantitative estimate of drug-likeness (QED) is 0.0822. The van der Waals surface area contributed by atoms with Crippen LogP contribution in [0, 0.1) is 11.8 Å². The Morgan fingerprint density at radius 3 is 2.00 bits per heavy atom. The molecule has 0 heterocycles. The van der Waals surface area contributed by atoms with Crippen molar-refractivity contribution in [2.75, 3.05) is 6.61 Å². The molecule has 2 aromatic carbocycles. The number of hydrogen-bond donors (Lipinski definition) is 0. The fourth-order valence-corrected chi connectivity index (χ4v) is 7.49. The molecule has 8 nitrogen and oxygen atoms in total. The van der Waals surface area contributed by atoms with Gasteiger partial charge in [0.2, 0.25) is 0 Å². The molecule has 1 aliphatic carbocycles. The predicted octanol–water partition coefficient (Wildman–Crippen LogP) is 7.45. The molecule has 0 saturated heterocycles. The molecule has 5 atom stereocenters. The Morgan fingerprint density at radius 2 is 1.52 bits per heavy atom. The molecule has 0 N–H and O–H groups in total. The van der Waals surface area contributed by atoms with Crippen LogP contribution in [0.5, 0.6) is 0 Å². The summed E-state index contributed by atoms with van der Waals surface area (Å²) in [6, 6.07) is 19.0. The van der Waals surface area contributed by atoms with E-state index in [4.69, 9.17) is 18.6 Å². The van der Waals surface area contributed by atoms with E-state index in [0.29, 0.717) is 32.2 Å². The molecule has 3 rings (SSSR count). The van der Waals surface area contributed by atoms with E-state index in [-0.39, 0.29) is 11.0 Å². The van der Waals surface area contributed by atoms with Crippen LogP contribution in [0.25, 0.3) is 10.4 Å². The van der Waals surface area contributed by atoms with Crippen LogP contribution in [0.15, 0.2) is 65.8 Å². The second kappa shape index (κ2) is 14.3. The molecule has 0 aliphatic heterocycles. The summed E-state index contributed by atoms with van der Waals surface area (Å²) in [5, 5.41) is 4.12. The van der Waals surface area contributed by atoms with E-state index in [9.17, 15) is 10.3 Å². The first-order valence-electron chi connectivity index (χ1n) is 14.1. The van der Waals surface area contributed by atoms with Crippen LogP contribution in [0.1, 0.15) is 52.2 Å². The number of ether oxygens (including phenoxy) is 3. The zero-order valence-electron chi connectivity index (χ0n) is 24.9. The van der Waals surface area contributed by atoms with Crippen molar-refractivity contribution in [1.82, 2.24) is 0 Å². The molecule has 1 fully saturated rings. The summed E-state index contributed by atoms with van der Waals surface area (Å²) in [5.41, 5.74) is 11.5. The summed E-state index contributed by atoms with van der Waals surface area (Å²) in [5.74, 6) is -0.117. The Balaban J connectivity index is 1.96. The van der Waals surface area contributed by atoms with Gasteiger partial charge < -0.3 is 18.6 Å². The van der Waals surface area contributed by atoms with Crippen LogP contribution in [-0.4, -0.2) is 45.2 Å². The summed E-state index contributed by atoms with van der Waals surface area (Å²) in [6.07, 6.45) is -1.30. The van der Waals surface area contributed by atoms with Gasteiger partial charge in [-0.2, -0.15) is 0 Å². The van der Waals surface area contributed by atoms with E-state index in [1.807, 2.05) is 60.7 Å². The SMILES string of the molecule is CC(=O)O[C@H]1C[C@H](CO[Si](C)(C)C(C)(C)C(C)C)[C@@H](OCc2ccccc2)[C@H](OCc2ccccc2)[C@@H]1N=[N+]=[N-]. The fraction of sp³-hybridized carbons (Fsp3) is 0.581. The Bertz CT molecular complexity index is 1120. The zero-order chi connectivity index (χ0) is 29.3. The summed E-state index contributed by atoms with van der Waals surface area (Å²) in [4.78, 5) is 15.2. The van der Waals surface area contributed by atoms with Crippen LogP contribution in [-0.2, 0) is 36.6 Å². The maximum Gasteiger partial charge on any atom is 0.302 e. The number of nitrogens with zero attached hydrogens (tertiary/aromatic N) is 3. The number of hydrogen-bond acceptors (Lipinski definition) is 6. The third-order valence-corrected chi connectivity index (χ3v) is 13.3. The maximum atomic E-state index is 12.1. The molecule has 1 saturated carbocycles. The maximum absolute atomic E-state index is 12.1. The van der Waals surface area contributed by atoms with Crippen molar-refractivity contribution >= 4 is 14.3 Å². The highest BCUT2D eigenvalue weighted by Crippen LogP contribution is 2.45. The van der Waals surface area contributed by atoms with Crippen LogP contribution in [0.3, 0.4) is 0 Å². The van der Waals surface area contributed by atoms with E-state index in [1.165, 1.54) is 6.92 Å². The van der Waals surface area contributed by atoms with Crippen molar-refractivity contribution in [2.24, 2.45) is 17.0 Å². The summed E-state index contributed by atoms with van der Waals surface area (Å²) in [6.45, 7) is 16.0. The lowest BCUT2D eigenvalue weighted by atomic mass is 9.79. The van der Waals surface area contributed by atoms with Gasteiger partial charge in [0.1, 0.15) is 12.1 Å². The van der Waals surface area contributed by atoms with E-state index in [1.54, 1.807) is 0 Å². The third kappa shape index (κ3) is 8.18. The van der Waals surface area contributed by atoms with Gasteiger partial charge in [0.05, 0.1) is 25.4 Å². The molecule has 0 spiro atoms. The normalized spacial score (nSPS) is 23.4. The van der Waals surface area contributed by atoms with Crippen LogP contribution in [0.2, 0.25) is 18.1 Å². The Labute approximate surface area is 240 Å². The number of esters is 1. The third-order valence-electron chi connectivity index (χ3n) is 8.77. The Kier molecular flexibility index (Phi) is 11.4.